The molecule has 0 radical (unpaired) electrons. The number of carbonyl (C=O) groups excluding carboxylic acids is 1. The second-order valence-corrected chi connectivity index (χ2v) is 7.54. The van der Waals surface area contributed by atoms with Gasteiger partial charge in [0, 0.05) is 10.8 Å². The minimum Gasteiger partial charge on any atom is -0.484 e. The monoisotopic (exact) mass is 391 g/mol. The first-order valence-corrected chi connectivity index (χ1v) is 9.49. The predicted octanol–water partition coefficient (Wildman–Crippen LogP) is 3.75. The summed E-state index contributed by atoms with van der Waals surface area (Å²) in [6, 6.07) is 13.6. The molecule has 1 aliphatic heterocycles. The van der Waals surface area contributed by atoms with E-state index < -0.39 is 12.0 Å². The number of aryl methyl sites for hydroxylation is 1. The van der Waals surface area contributed by atoms with Crippen LogP contribution in [0.25, 0.3) is 0 Å². The van der Waals surface area contributed by atoms with Crippen LogP contribution < -0.4 is 4.74 Å². The van der Waals surface area contributed by atoms with Crippen LogP contribution in [0.4, 0.5) is 0 Å². The van der Waals surface area contributed by atoms with E-state index in [1.165, 1.54) is 16.7 Å². The summed E-state index contributed by atoms with van der Waals surface area (Å²) < 4.78 is 5.51. The lowest BCUT2D eigenvalue weighted by atomic mass is 10.1. The van der Waals surface area contributed by atoms with Gasteiger partial charge in [-0.2, -0.15) is 0 Å². The maximum atomic E-state index is 12.7. The van der Waals surface area contributed by atoms with Gasteiger partial charge in [0.2, 0.25) is 0 Å². The van der Waals surface area contributed by atoms with E-state index in [4.69, 9.17) is 16.3 Å². The topological polar surface area (TPSA) is 66.8 Å². The maximum absolute atomic E-state index is 12.7. The van der Waals surface area contributed by atoms with Gasteiger partial charge in [0.15, 0.2) is 6.61 Å². The van der Waals surface area contributed by atoms with Gasteiger partial charge in [-0.05, 0) is 36.8 Å². The van der Waals surface area contributed by atoms with Crippen LogP contribution in [-0.2, 0) is 9.59 Å². The number of benzene rings is 2. The van der Waals surface area contributed by atoms with Crippen molar-refractivity contribution in [3.05, 3.63) is 64.7 Å². The number of hydrogen-bond donors (Lipinski definition) is 1. The van der Waals surface area contributed by atoms with Crippen LogP contribution in [0.3, 0.4) is 0 Å². The molecule has 0 bridgehead atoms. The van der Waals surface area contributed by atoms with E-state index in [1.807, 2.05) is 31.2 Å². The van der Waals surface area contributed by atoms with E-state index in [-0.39, 0.29) is 17.9 Å². The quantitative estimate of drug-likeness (QED) is 0.840. The fraction of sp³-hybridized carbons (Fsp3) is 0.263. The Kier molecular flexibility index (Phi) is 5.74. The van der Waals surface area contributed by atoms with E-state index in [0.717, 1.165) is 11.1 Å². The Balaban J connectivity index is 1.76. The lowest BCUT2D eigenvalue weighted by molar-refractivity contribution is -0.150. The third kappa shape index (κ3) is 4.14. The molecule has 1 heterocycles. The highest BCUT2D eigenvalue weighted by molar-refractivity contribution is 7.99. The lowest BCUT2D eigenvalue weighted by Crippen LogP contribution is -2.45. The molecule has 7 heteroatoms. The third-order valence-corrected chi connectivity index (χ3v) is 5.69. The molecule has 1 aliphatic rings. The molecule has 0 aromatic heterocycles. The molecule has 136 valence electrons. The van der Waals surface area contributed by atoms with Gasteiger partial charge < -0.3 is 14.7 Å². The van der Waals surface area contributed by atoms with Gasteiger partial charge in [-0.15, -0.1) is 11.8 Å². The molecule has 5 nitrogen and oxygen atoms in total. The molecule has 2 atom stereocenters. The number of amides is 1. The molecule has 2 aromatic rings. The summed E-state index contributed by atoms with van der Waals surface area (Å²) in [6.45, 7) is 1.75. The average molecular weight is 392 g/mol. The zero-order valence-corrected chi connectivity index (χ0v) is 15.7. The Bertz CT molecular complexity index is 794. The summed E-state index contributed by atoms with van der Waals surface area (Å²) in [7, 11) is 0. The predicted molar refractivity (Wildman–Crippen MR) is 102 cm³/mol. The highest BCUT2D eigenvalue weighted by Gasteiger charge is 2.42. The number of rotatable bonds is 5. The Hall–Kier alpha value is -2.18. The van der Waals surface area contributed by atoms with Crippen LogP contribution in [0.5, 0.6) is 5.75 Å². The standard InChI is InChI=1S/C19H18ClNO4S/c1-12-2-4-13(5-3-12)18-21(16(11-26-18)19(23)24)17(22)10-25-15-8-6-14(20)7-9-15/h2-9,16,18H,10-11H2,1H3,(H,23,24). The molecule has 1 saturated heterocycles. The first-order chi connectivity index (χ1) is 12.5. The first-order valence-electron chi connectivity index (χ1n) is 8.06. The SMILES string of the molecule is Cc1ccc(C2SCC(C(=O)O)N2C(=O)COc2ccc(Cl)cc2)cc1. The Labute approximate surface area is 160 Å². The summed E-state index contributed by atoms with van der Waals surface area (Å²) in [4.78, 5) is 25.8. The van der Waals surface area contributed by atoms with Crippen molar-refractivity contribution >= 4 is 35.2 Å². The summed E-state index contributed by atoms with van der Waals surface area (Å²) >= 11 is 7.28. The van der Waals surface area contributed by atoms with Crippen LogP contribution in [0.15, 0.2) is 48.5 Å². The van der Waals surface area contributed by atoms with Gasteiger partial charge in [-0.3, -0.25) is 4.79 Å². The van der Waals surface area contributed by atoms with E-state index in [0.29, 0.717) is 16.5 Å². The van der Waals surface area contributed by atoms with Crippen molar-refractivity contribution < 1.29 is 19.4 Å². The molecule has 1 amide bonds. The zero-order chi connectivity index (χ0) is 18.7. The van der Waals surface area contributed by atoms with Crippen molar-refractivity contribution in [3.63, 3.8) is 0 Å². The molecular weight excluding hydrogens is 374 g/mol. The van der Waals surface area contributed by atoms with Crippen molar-refractivity contribution in [3.8, 4) is 5.75 Å². The van der Waals surface area contributed by atoms with Crippen LogP contribution >= 0.6 is 23.4 Å². The summed E-state index contributed by atoms with van der Waals surface area (Å²) in [5.74, 6) is -0.510. The number of halogens is 1. The highest BCUT2D eigenvalue weighted by atomic mass is 35.5. The molecule has 0 saturated carbocycles. The second kappa shape index (κ2) is 8.01. The number of aliphatic carboxylic acids is 1. The van der Waals surface area contributed by atoms with Crippen LogP contribution in [0.1, 0.15) is 16.5 Å². The number of carboxylic acid groups (broad SMARTS) is 1. The Morgan fingerprint density at radius 1 is 1.19 bits per heavy atom. The number of carboxylic acids is 1. The first kappa shape index (κ1) is 18.6. The summed E-state index contributed by atoms with van der Waals surface area (Å²) in [5, 5.41) is 9.73. The molecule has 2 unspecified atom stereocenters. The number of ether oxygens (including phenoxy) is 1. The van der Waals surface area contributed by atoms with E-state index in [9.17, 15) is 14.7 Å². The fourth-order valence-corrected chi connectivity index (χ4v) is 4.31. The van der Waals surface area contributed by atoms with Crippen molar-refractivity contribution in [1.29, 1.82) is 0 Å². The molecule has 1 N–H and O–H groups in total. The largest absolute Gasteiger partial charge is 0.484 e. The Morgan fingerprint density at radius 2 is 1.85 bits per heavy atom. The fourth-order valence-electron chi connectivity index (χ4n) is 2.74. The number of hydrogen-bond acceptors (Lipinski definition) is 4. The van der Waals surface area contributed by atoms with Crippen LogP contribution in [0.2, 0.25) is 5.02 Å². The number of thioether (sulfide) groups is 1. The third-order valence-electron chi connectivity index (χ3n) is 4.11. The van der Waals surface area contributed by atoms with Crippen molar-refractivity contribution in [2.24, 2.45) is 0 Å². The van der Waals surface area contributed by atoms with Gasteiger partial charge in [-0.1, -0.05) is 41.4 Å². The maximum Gasteiger partial charge on any atom is 0.327 e. The average Bonchev–Trinajstić information content (AvgIpc) is 3.07. The molecule has 1 fully saturated rings. The van der Waals surface area contributed by atoms with E-state index in [2.05, 4.69) is 0 Å². The van der Waals surface area contributed by atoms with Crippen molar-refractivity contribution in [1.82, 2.24) is 4.90 Å². The summed E-state index contributed by atoms with van der Waals surface area (Å²) in [6.07, 6.45) is 0. The van der Waals surface area contributed by atoms with Gasteiger partial charge >= 0.3 is 5.97 Å². The second-order valence-electron chi connectivity index (χ2n) is 5.99. The van der Waals surface area contributed by atoms with Gasteiger partial charge in [0.1, 0.15) is 17.2 Å². The highest BCUT2D eigenvalue weighted by Crippen LogP contribution is 2.41. The normalized spacial score (nSPS) is 19.4. The minimum absolute atomic E-state index is 0.228. The van der Waals surface area contributed by atoms with E-state index in [1.54, 1.807) is 24.3 Å². The van der Waals surface area contributed by atoms with Gasteiger partial charge in [0.25, 0.3) is 5.91 Å². The van der Waals surface area contributed by atoms with E-state index >= 15 is 0 Å². The van der Waals surface area contributed by atoms with Gasteiger partial charge in [0.05, 0.1) is 0 Å². The Morgan fingerprint density at radius 3 is 2.46 bits per heavy atom. The number of carbonyl (C=O) groups is 2. The molecule has 0 spiro atoms. The number of nitrogens with zero attached hydrogens (tertiary/aromatic N) is 1. The smallest absolute Gasteiger partial charge is 0.327 e. The molecule has 3 rings (SSSR count). The molecule has 0 aliphatic carbocycles. The van der Waals surface area contributed by atoms with Crippen LogP contribution in [0, 0.1) is 6.92 Å². The lowest BCUT2D eigenvalue weighted by Gasteiger charge is -2.27. The molecule has 26 heavy (non-hydrogen) atoms. The minimum atomic E-state index is -1.01. The molecule has 2 aromatic carbocycles. The zero-order valence-electron chi connectivity index (χ0n) is 14.1. The van der Waals surface area contributed by atoms with Crippen LogP contribution in [-0.4, -0.2) is 40.3 Å². The molecular formula is C19H18ClNO4S. The van der Waals surface area contributed by atoms with Crippen molar-refractivity contribution in [2.45, 2.75) is 18.3 Å². The summed E-state index contributed by atoms with van der Waals surface area (Å²) in [5.41, 5.74) is 2.01. The van der Waals surface area contributed by atoms with Crippen molar-refractivity contribution in [2.75, 3.05) is 12.4 Å². The van der Waals surface area contributed by atoms with Gasteiger partial charge in [-0.25, -0.2) is 4.79 Å².